The Morgan fingerprint density at radius 1 is 1.67 bits per heavy atom. The first-order valence-electron chi connectivity index (χ1n) is 3.98. The molecule has 0 amide bonds. The van der Waals surface area contributed by atoms with Gasteiger partial charge in [-0.15, -0.1) is 0 Å². The van der Waals surface area contributed by atoms with Crippen molar-refractivity contribution in [3.63, 3.8) is 0 Å². The summed E-state index contributed by atoms with van der Waals surface area (Å²) in [6.07, 6.45) is -1.75. The van der Waals surface area contributed by atoms with E-state index in [0.717, 1.165) is 6.20 Å². The molecule has 0 atom stereocenters. The number of nitrogens with zero attached hydrogens (tertiary/aromatic N) is 2. The normalized spacial score (nSPS) is 10.1. The van der Waals surface area contributed by atoms with Crippen molar-refractivity contribution in [1.82, 2.24) is 4.98 Å². The molecule has 1 aromatic rings. The highest BCUT2D eigenvalue weighted by Crippen LogP contribution is 2.34. The van der Waals surface area contributed by atoms with Gasteiger partial charge in [-0.1, -0.05) is 0 Å². The van der Waals surface area contributed by atoms with Gasteiger partial charge in [-0.05, 0) is 15.9 Å². The number of nitriles is 1. The molecule has 0 spiro atoms. The first-order chi connectivity index (χ1) is 7.11. The zero-order valence-corrected chi connectivity index (χ0v) is 9.38. The molecule has 1 rings (SSSR count). The Hall–Kier alpha value is -1.22. The van der Waals surface area contributed by atoms with Crippen LogP contribution in [0.1, 0.15) is 17.6 Å². The minimum Gasteiger partial charge on any atom is -0.494 e. The van der Waals surface area contributed by atoms with E-state index in [1.54, 1.807) is 0 Å². The van der Waals surface area contributed by atoms with E-state index < -0.39 is 6.43 Å². The van der Waals surface area contributed by atoms with Gasteiger partial charge in [0, 0.05) is 17.3 Å². The van der Waals surface area contributed by atoms with Crippen molar-refractivity contribution in [3.05, 3.63) is 21.9 Å². The minimum absolute atomic E-state index is 0.135. The van der Waals surface area contributed by atoms with Gasteiger partial charge < -0.3 is 4.74 Å². The molecular formula is C9H7BrF2N2O. The smallest absolute Gasteiger partial charge is 0.265 e. The first-order valence-corrected chi connectivity index (χ1v) is 4.77. The van der Waals surface area contributed by atoms with Crippen LogP contribution in [0.3, 0.4) is 0 Å². The van der Waals surface area contributed by atoms with Gasteiger partial charge >= 0.3 is 0 Å². The lowest BCUT2D eigenvalue weighted by atomic mass is 10.1. The number of hydrogen-bond donors (Lipinski definition) is 0. The predicted octanol–water partition coefficient (Wildman–Crippen LogP) is 2.86. The molecule has 0 unspecified atom stereocenters. The molecule has 1 heterocycles. The summed E-state index contributed by atoms with van der Waals surface area (Å²) < 4.78 is 30.4. The second kappa shape index (κ2) is 5.03. The largest absolute Gasteiger partial charge is 0.494 e. The maximum atomic E-state index is 12.6. The molecule has 0 saturated carbocycles. The molecule has 0 saturated heterocycles. The Bertz CT molecular complexity index is 404. The topological polar surface area (TPSA) is 45.9 Å². The molecule has 15 heavy (non-hydrogen) atoms. The fraction of sp³-hybridized carbons (Fsp3) is 0.333. The summed E-state index contributed by atoms with van der Waals surface area (Å²) in [5.41, 5.74) is -0.0894. The number of rotatable bonds is 3. The van der Waals surface area contributed by atoms with Crippen LogP contribution in [0.15, 0.2) is 10.8 Å². The molecule has 6 heteroatoms. The lowest BCUT2D eigenvalue weighted by Gasteiger charge is -2.11. The van der Waals surface area contributed by atoms with Crippen LogP contribution < -0.4 is 4.74 Å². The third kappa shape index (κ3) is 2.42. The molecule has 0 aliphatic heterocycles. The number of alkyl halides is 2. The lowest BCUT2D eigenvalue weighted by Crippen LogP contribution is -2.01. The molecule has 0 fully saturated rings. The van der Waals surface area contributed by atoms with E-state index in [2.05, 4.69) is 20.9 Å². The maximum Gasteiger partial charge on any atom is 0.265 e. The Balaban J connectivity index is 3.36. The van der Waals surface area contributed by atoms with Gasteiger partial charge in [-0.3, -0.25) is 0 Å². The molecule has 0 aliphatic rings. The Morgan fingerprint density at radius 3 is 2.80 bits per heavy atom. The van der Waals surface area contributed by atoms with Crippen LogP contribution in [0.2, 0.25) is 0 Å². The molecule has 0 N–H and O–H groups in total. The fourth-order valence-corrected chi connectivity index (χ4v) is 1.68. The van der Waals surface area contributed by atoms with E-state index >= 15 is 0 Å². The number of aromatic nitrogens is 1. The van der Waals surface area contributed by atoms with Gasteiger partial charge in [-0.2, -0.15) is 5.26 Å². The molecule has 0 aliphatic carbocycles. The molecular weight excluding hydrogens is 270 g/mol. The number of methoxy groups -OCH3 is 1. The quantitative estimate of drug-likeness (QED) is 0.798. The summed E-state index contributed by atoms with van der Waals surface area (Å²) in [6.45, 7) is 0. The van der Waals surface area contributed by atoms with Crippen molar-refractivity contribution < 1.29 is 13.5 Å². The summed E-state index contributed by atoms with van der Waals surface area (Å²) in [6, 6.07) is 1.82. The Kier molecular flexibility index (Phi) is 3.97. The van der Waals surface area contributed by atoms with Crippen LogP contribution in [0.4, 0.5) is 8.78 Å². The SMILES string of the molecule is COc1c(Br)ncc(C(F)F)c1CC#N. The zero-order chi connectivity index (χ0) is 11.4. The second-order valence-corrected chi connectivity index (χ2v) is 3.40. The van der Waals surface area contributed by atoms with Crippen molar-refractivity contribution in [1.29, 1.82) is 5.26 Å². The van der Waals surface area contributed by atoms with E-state index in [9.17, 15) is 8.78 Å². The van der Waals surface area contributed by atoms with Gasteiger partial charge in [0.25, 0.3) is 6.43 Å². The average Bonchev–Trinajstić information content (AvgIpc) is 2.18. The fourth-order valence-electron chi connectivity index (χ4n) is 1.18. The predicted molar refractivity (Wildman–Crippen MR) is 52.8 cm³/mol. The molecule has 3 nitrogen and oxygen atoms in total. The highest BCUT2D eigenvalue weighted by atomic mass is 79.9. The third-order valence-corrected chi connectivity index (χ3v) is 2.39. The van der Waals surface area contributed by atoms with Crippen molar-refractivity contribution >= 4 is 15.9 Å². The first kappa shape index (κ1) is 11.9. The van der Waals surface area contributed by atoms with E-state index in [0.29, 0.717) is 4.60 Å². The van der Waals surface area contributed by atoms with Gasteiger partial charge in [-0.25, -0.2) is 13.8 Å². The molecule has 80 valence electrons. The summed E-state index contributed by atoms with van der Waals surface area (Å²) >= 11 is 3.07. The molecule has 0 aromatic carbocycles. The highest BCUT2D eigenvalue weighted by Gasteiger charge is 2.19. The van der Waals surface area contributed by atoms with Gasteiger partial charge in [0.2, 0.25) is 0 Å². The third-order valence-electron chi connectivity index (χ3n) is 1.82. The average molecular weight is 277 g/mol. The molecule has 1 aromatic heterocycles. The molecule has 0 bridgehead atoms. The van der Waals surface area contributed by atoms with Gasteiger partial charge in [0.05, 0.1) is 19.6 Å². The summed E-state index contributed by atoms with van der Waals surface area (Å²) in [5.74, 6) is 0.189. The van der Waals surface area contributed by atoms with Crippen LogP contribution in [-0.4, -0.2) is 12.1 Å². The van der Waals surface area contributed by atoms with E-state index in [1.807, 2.05) is 6.07 Å². The number of hydrogen-bond acceptors (Lipinski definition) is 3. The standard InChI is InChI=1S/C9H7BrF2N2O/c1-15-7-5(2-3-13)6(9(11)12)4-14-8(7)10/h4,9H,2H2,1H3. The number of halogens is 3. The van der Waals surface area contributed by atoms with Crippen LogP contribution in [0.25, 0.3) is 0 Å². The minimum atomic E-state index is -2.66. The van der Waals surface area contributed by atoms with Crippen molar-refractivity contribution in [2.45, 2.75) is 12.8 Å². The molecule has 0 radical (unpaired) electrons. The number of pyridine rings is 1. The lowest BCUT2D eigenvalue weighted by molar-refractivity contribution is 0.149. The van der Waals surface area contributed by atoms with Crippen molar-refractivity contribution in [3.8, 4) is 11.8 Å². The van der Waals surface area contributed by atoms with Crippen LogP contribution >= 0.6 is 15.9 Å². The second-order valence-electron chi connectivity index (χ2n) is 2.65. The summed E-state index contributed by atoms with van der Waals surface area (Å²) in [7, 11) is 1.35. The van der Waals surface area contributed by atoms with E-state index in [1.165, 1.54) is 7.11 Å². The van der Waals surface area contributed by atoms with Crippen LogP contribution in [0, 0.1) is 11.3 Å². The Labute approximate surface area is 93.8 Å². The van der Waals surface area contributed by atoms with E-state index in [-0.39, 0.29) is 23.3 Å². The maximum absolute atomic E-state index is 12.6. The monoisotopic (exact) mass is 276 g/mol. The summed E-state index contributed by atoms with van der Waals surface area (Å²) in [4.78, 5) is 3.72. The zero-order valence-electron chi connectivity index (χ0n) is 7.80. The van der Waals surface area contributed by atoms with E-state index in [4.69, 9.17) is 10.00 Å². The number of ether oxygens (including phenoxy) is 1. The van der Waals surface area contributed by atoms with Crippen molar-refractivity contribution in [2.24, 2.45) is 0 Å². The summed E-state index contributed by atoms with van der Waals surface area (Å²) in [5, 5.41) is 8.55. The Morgan fingerprint density at radius 2 is 2.33 bits per heavy atom. The van der Waals surface area contributed by atoms with Crippen molar-refractivity contribution in [2.75, 3.05) is 7.11 Å². The van der Waals surface area contributed by atoms with Crippen LogP contribution in [0.5, 0.6) is 5.75 Å². The van der Waals surface area contributed by atoms with Gasteiger partial charge in [0.15, 0.2) is 5.75 Å². The highest BCUT2D eigenvalue weighted by molar-refractivity contribution is 9.10. The van der Waals surface area contributed by atoms with Crippen LogP contribution in [-0.2, 0) is 6.42 Å². The van der Waals surface area contributed by atoms with Gasteiger partial charge in [0.1, 0.15) is 4.60 Å².